The summed E-state index contributed by atoms with van der Waals surface area (Å²) >= 11 is 0. The lowest BCUT2D eigenvalue weighted by atomic mass is 9.99. The molecule has 0 saturated heterocycles. The average molecular weight is 141 g/mol. The first-order valence-corrected chi connectivity index (χ1v) is 4.41. The van der Waals surface area contributed by atoms with Gasteiger partial charge in [0.2, 0.25) is 0 Å². The molecule has 0 radical (unpaired) electrons. The van der Waals surface area contributed by atoms with Crippen molar-refractivity contribution in [3.63, 3.8) is 0 Å². The second-order valence-electron chi connectivity index (χ2n) is 3.82. The lowest BCUT2D eigenvalue weighted by Gasteiger charge is -2.19. The van der Waals surface area contributed by atoms with Crippen LogP contribution in [0.15, 0.2) is 0 Å². The van der Waals surface area contributed by atoms with E-state index in [0.29, 0.717) is 0 Å². The standard InChI is InChI=1S/C9H19N/c1-7(2)9(10-3)6-8-4-5-8/h7-10H,4-6H2,1-3H3. The molecule has 1 nitrogen and oxygen atoms in total. The Labute approximate surface area is 64.2 Å². The highest BCUT2D eigenvalue weighted by Gasteiger charge is 2.25. The van der Waals surface area contributed by atoms with Crippen molar-refractivity contribution >= 4 is 0 Å². The third-order valence-electron chi connectivity index (χ3n) is 2.46. The molecule has 0 aromatic carbocycles. The van der Waals surface area contributed by atoms with Crippen LogP contribution in [-0.4, -0.2) is 13.1 Å². The molecule has 1 N–H and O–H groups in total. The molecule has 1 atom stereocenters. The van der Waals surface area contributed by atoms with Crippen molar-refractivity contribution in [2.24, 2.45) is 11.8 Å². The second kappa shape index (κ2) is 3.38. The molecule has 10 heavy (non-hydrogen) atoms. The van der Waals surface area contributed by atoms with Gasteiger partial charge in [-0.2, -0.15) is 0 Å². The molecule has 0 aliphatic heterocycles. The van der Waals surface area contributed by atoms with Gasteiger partial charge in [0.25, 0.3) is 0 Å². The van der Waals surface area contributed by atoms with Crippen LogP contribution >= 0.6 is 0 Å². The van der Waals surface area contributed by atoms with E-state index in [-0.39, 0.29) is 0 Å². The summed E-state index contributed by atoms with van der Waals surface area (Å²) in [6, 6.07) is 0.757. The van der Waals surface area contributed by atoms with E-state index in [1.54, 1.807) is 0 Å². The largest absolute Gasteiger partial charge is 0.317 e. The lowest BCUT2D eigenvalue weighted by Crippen LogP contribution is -2.30. The molecular weight excluding hydrogens is 122 g/mol. The van der Waals surface area contributed by atoms with E-state index in [0.717, 1.165) is 17.9 Å². The Morgan fingerprint density at radius 1 is 1.40 bits per heavy atom. The maximum Gasteiger partial charge on any atom is 0.00896 e. The molecule has 0 heterocycles. The van der Waals surface area contributed by atoms with Gasteiger partial charge in [0.05, 0.1) is 0 Å². The van der Waals surface area contributed by atoms with Crippen molar-refractivity contribution in [2.75, 3.05) is 7.05 Å². The fraction of sp³-hybridized carbons (Fsp3) is 1.00. The van der Waals surface area contributed by atoms with Crippen LogP contribution < -0.4 is 5.32 Å². The van der Waals surface area contributed by atoms with Gasteiger partial charge in [-0.25, -0.2) is 0 Å². The van der Waals surface area contributed by atoms with Crippen LogP contribution in [0.3, 0.4) is 0 Å². The monoisotopic (exact) mass is 141 g/mol. The Bertz CT molecular complexity index is 94.9. The topological polar surface area (TPSA) is 12.0 Å². The minimum Gasteiger partial charge on any atom is -0.317 e. The number of hydrogen-bond donors (Lipinski definition) is 1. The van der Waals surface area contributed by atoms with Crippen molar-refractivity contribution in [3.8, 4) is 0 Å². The minimum atomic E-state index is 0.757. The van der Waals surface area contributed by atoms with Crippen LogP contribution in [0, 0.1) is 11.8 Å². The van der Waals surface area contributed by atoms with Gasteiger partial charge in [0.15, 0.2) is 0 Å². The first-order valence-electron chi connectivity index (χ1n) is 4.41. The van der Waals surface area contributed by atoms with Crippen LogP contribution in [-0.2, 0) is 0 Å². The van der Waals surface area contributed by atoms with Gasteiger partial charge in [-0.05, 0) is 25.3 Å². The molecule has 1 unspecified atom stereocenters. The summed E-state index contributed by atoms with van der Waals surface area (Å²) in [5, 5.41) is 3.37. The predicted octanol–water partition coefficient (Wildman–Crippen LogP) is 2.03. The van der Waals surface area contributed by atoms with Crippen molar-refractivity contribution < 1.29 is 0 Å². The Kier molecular flexibility index (Phi) is 2.72. The summed E-state index contributed by atoms with van der Waals surface area (Å²) in [5.74, 6) is 1.85. The highest BCUT2D eigenvalue weighted by atomic mass is 14.9. The molecule has 0 aromatic heterocycles. The molecule has 1 saturated carbocycles. The molecule has 1 fully saturated rings. The number of nitrogens with one attached hydrogen (secondary N) is 1. The van der Waals surface area contributed by atoms with Crippen LogP contribution in [0.1, 0.15) is 33.1 Å². The molecule has 0 amide bonds. The first kappa shape index (κ1) is 8.06. The van der Waals surface area contributed by atoms with Crippen molar-refractivity contribution in [1.29, 1.82) is 0 Å². The normalized spacial score (nSPS) is 21.6. The lowest BCUT2D eigenvalue weighted by molar-refractivity contribution is 0.385. The van der Waals surface area contributed by atoms with E-state index in [9.17, 15) is 0 Å². The van der Waals surface area contributed by atoms with E-state index in [2.05, 4.69) is 26.2 Å². The van der Waals surface area contributed by atoms with Gasteiger partial charge >= 0.3 is 0 Å². The fourth-order valence-electron chi connectivity index (χ4n) is 1.44. The zero-order valence-corrected chi connectivity index (χ0v) is 7.35. The Morgan fingerprint density at radius 3 is 2.30 bits per heavy atom. The highest BCUT2D eigenvalue weighted by molar-refractivity contribution is 4.80. The van der Waals surface area contributed by atoms with Gasteiger partial charge in [-0.15, -0.1) is 0 Å². The maximum absolute atomic E-state index is 3.37. The summed E-state index contributed by atoms with van der Waals surface area (Å²) in [7, 11) is 2.08. The van der Waals surface area contributed by atoms with Crippen LogP contribution in [0.25, 0.3) is 0 Å². The van der Waals surface area contributed by atoms with Crippen LogP contribution in [0.4, 0.5) is 0 Å². The fourth-order valence-corrected chi connectivity index (χ4v) is 1.44. The van der Waals surface area contributed by atoms with Crippen molar-refractivity contribution in [3.05, 3.63) is 0 Å². The van der Waals surface area contributed by atoms with Gasteiger partial charge in [0, 0.05) is 6.04 Å². The second-order valence-corrected chi connectivity index (χ2v) is 3.82. The summed E-state index contributed by atoms with van der Waals surface area (Å²) in [4.78, 5) is 0. The van der Waals surface area contributed by atoms with E-state index >= 15 is 0 Å². The minimum absolute atomic E-state index is 0.757. The number of hydrogen-bond acceptors (Lipinski definition) is 1. The zero-order chi connectivity index (χ0) is 7.56. The van der Waals surface area contributed by atoms with Gasteiger partial charge < -0.3 is 5.32 Å². The Morgan fingerprint density at radius 2 is 2.00 bits per heavy atom. The zero-order valence-electron chi connectivity index (χ0n) is 7.35. The summed E-state index contributed by atoms with van der Waals surface area (Å²) in [6.07, 6.45) is 4.35. The van der Waals surface area contributed by atoms with Gasteiger partial charge in [0.1, 0.15) is 0 Å². The third kappa shape index (κ3) is 2.30. The van der Waals surface area contributed by atoms with Gasteiger partial charge in [-0.3, -0.25) is 0 Å². The molecule has 1 aliphatic carbocycles. The van der Waals surface area contributed by atoms with Crippen molar-refractivity contribution in [2.45, 2.75) is 39.2 Å². The molecule has 1 heteroatoms. The Hall–Kier alpha value is -0.0400. The van der Waals surface area contributed by atoms with Crippen LogP contribution in [0.2, 0.25) is 0 Å². The van der Waals surface area contributed by atoms with E-state index < -0.39 is 0 Å². The number of rotatable bonds is 4. The summed E-state index contributed by atoms with van der Waals surface area (Å²) < 4.78 is 0. The molecule has 0 bridgehead atoms. The smallest absolute Gasteiger partial charge is 0.00896 e. The third-order valence-corrected chi connectivity index (χ3v) is 2.46. The van der Waals surface area contributed by atoms with Crippen LogP contribution in [0.5, 0.6) is 0 Å². The molecule has 0 aromatic rings. The highest BCUT2D eigenvalue weighted by Crippen LogP contribution is 2.34. The SMILES string of the molecule is CNC(CC1CC1)C(C)C. The predicted molar refractivity (Wildman–Crippen MR) is 45.0 cm³/mol. The molecule has 1 rings (SSSR count). The maximum atomic E-state index is 3.37. The summed E-state index contributed by atoms with van der Waals surface area (Å²) in [6.45, 7) is 4.59. The molecular formula is C9H19N. The van der Waals surface area contributed by atoms with Crippen molar-refractivity contribution in [1.82, 2.24) is 5.32 Å². The first-order chi connectivity index (χ1) is 4.74. The molecule has 1 aliphatic rings. The summed E-state index contributed by atoms with van der Waals surface area (Å²) in [5.41, 5.74) is 0. The van der Waals surface area contributed by atoms with Gasteiger partial charge in [-0.1, -0.05) is 26.7 Å². The Balaban J connectivity index is 2.17. The van der Waals surface area contributed by atoms with E-state index in [4.69, 9.17) is 0 Å². The quantitative estimate of drug-likeness (QED) is 0.631. The van der Waals surface area contributed by atoms with E-state index in [1.807, 2.05) is 0 Å². The molecule has 60 valence electrons. The molecule has 0 spiro atoms. The average Bonchev–Trinajstić information content (AvgIpc) is 2.64. The van der Waals surface area contributed by atoms with E-state index in [1.165, 1.54) is 19.3 Å².